The molecule has 31 heavy (non-hydrogen) atoms. The summed E-state index contributed by atoms with van der Waals surface area (Å²) in [5.74, 6) is 1.73. The summed E-state index contributed by atoms with van der Waals surface area (Å²) >= 11 is 0. The Kier molecular flexibility index (Phi) is 6.30. The van der Waals surface area contributed by atoms with Crippen LogP contribution < -0.4 is 10.2 Å². The number of amides is 1. The zero-order valence-corrected chi connectivity index (χ0v) is 18.6. The van der Waals surface area contributed by atoms with Crippen LogP contribution in [-0.4, -0.2) is 38.7 Å². The predicted molar refractivity (Wildman–Crippen MR) is 123 cm³/mol. The van der Waals surface area contributed by atoms with Gasteiger partial charge in [0.2, 0.25) is 5.91 Å². The molecule has 0 atom stereocenters. The number of anilines is 2. The first-order valence-electron chi connectivity index (χ1n) is 11.1. The topological polar surface area (TPSA) is 75.9 Å². The van der Waals surface area contributed by atoms with Gasteiger partial charge in [-0.1, -0.05) is 19.1 Å². The second-order valence-corrected chi connectivity index (χ2v) is 8.09. The van der Waals surface area contributed by atoms with Gasteiger partial charge in [-0.25, -0.2) is 14.6 Å². The van der Waals surface area contributed by atoms with E-state index in [9.17, 15) is 4.79 Å². The van der Waals surface area contributed by atoms with Crippen LogP contribution in [-0.2, 0) is 17.6 Å². The number of benzene rings is 1. The number of hydrogen-bond donors (Lipinski definition) is 1. The van der Waals surface area contributed by atoms with Crippen LogP contribution in [0.1, 0.15) is 48.7 Å². The minimum Gasteiger partial charge on any atom is -0.356 e. The Bertz CT molecular complexity index is 1070. The van der Waals surface area contributed by atoms with Crippen LogP contribution in [0.3, 0.4) is 0 Å². The van der Waals surface area contributed by atoms with Crippen LogP contribution in [0, 0.1) is 13.8 Å². The molecule has 1 fully saturated rings. The van der Waals surface area contributed by atoms with Gasteiger partial charge in [-0.15, -0.1) is 0 Å². The lowest BCUT2D eigenvalue weighted by atomic mass is 10.1. The molecule has 2 aromatic heterocycles. The van der Waals surface area contributed by atoms with Gasteiger partial charge in [-0.05, 0) is 62.8 Å². The van der Waals surface area contributed by atoms with Gasteiger partial charge in [-0.3, -0.25) is 4.79 Å². The second-order valence-electron chi connectivity index (χ2n) is 8.09. The van der Waals surface area contributed by atoms with Crippen molar-refractivity contribution in [2.75, 3.05) is 23.3 Å². The monoisotopic (exact) mass is 418 g/mol. The zero-order valence-electron chi connectivity index (χ0n) is 18.6. The third kappa shape index (κ3) is 4.76. The van der Waals surface area contributed by atoms with Crippen LogP contribution in [0.4, 0.5) is 11.5 Å². The van der Waals surface area contributed by atoms with Gasteiger partial charge in [0.25, 0.3) is 0 Å². The summed E-state index contributed by atoms with van der Waals surface area (Å²) in [7, 11) is 0. The summed E-state index contributed by atoms with van der Waals surface area (Å²) in [5, 5.41) is 7.72. The highest BCUT2D eigenvalue weighted by atomic mass is 16.1. The summed E-state index contributed by atoms with van der Waals surface area (Å²) in [6.45, 7) is 8.21. The smallest absolute Gasteiger partial charge is 0.224 e. The van der Waals surface area contributed by atoms with Crippen molar-refractivity contribution in [3.05, 3.63) is 59.2 Å². The molecule has 1 amide bonds. The van der Waals surface area contributed by atoms with E-state index in [1.54, 1.807) is 6.33 Å². The van der Waals surface area contributed by atoms with Crippen molar-refractivity contribution >= 4 is 17.4 Å². The molecular weight excluding hydrogens is 388 g/mol. The molecule has 0 unspecified atom stereocenters. The molecule has 0 saturated carbocycles. The van der Waals surface area contributed by atoms with Gasteiger partial charge in [0, 0.05) is 37.0 Å². The van der Waals surface area contributed by atoms with E-state index in [1.165, 1.54) is 18.4 Å². The van der Waals surface area contributed by atoms with Crippen LogP contribution in [0.5, 0.6) is 0 Å². The highest BCUT2D eigenvalue weighted by molar-refractivity contribution is 5.90. The molecule has 3 aromatic rings. The van der Waals surface area contributed by atoms with Crippen molar-refractivity contribution in [3.63, 3.8) is 0 Å². The van der Waals surface area contributed by atoms with Crippen molar-refractivity contribution in [2.45, 2.75) is 52.9 Å². The summed E-state index contributed by atoms with van der Waals surface area (Å²) in [6.07, 6.45) is 6.01. The number of carbonyl (C=O) groups is 1. The van der Waals surface area contributed by atoms with E-state index in [0.717, 1.165) is 53.8 Å². The lowest BCUT2D eigenvalue weighted by Crippen LogP contribution is -2.19. The molecule has 0 spiro atoms. The largest absolute Gasteiger partial charge is 0.356 e. The number of hydrogen-bond acceptors (Lipinski definition) is 5. The average molecular weight is 419 g/mol. The average Bonchev–Trinajstić information content (AvgIpc) is 3.41. The minimum absolute atomic E-state index is 0.0122. The van der Waals surface area contributed by atoms with Gasteiger partial charge >= 0.3 is 0 Å². The summed E-state index contributed by atoms with van der Waals surface area (Å²) < 4.78 is 1.87. The van der Waals surface area contributed by atoms with Crippen LogP contribution in [0.2, 0.25) is 0 Å². The molecule has 4 rings (SSSR count). The number of aromatic nitrogens is 4. The Labute approximate surface area is 183 Å². The first-order chi connectivity index (χ1) is 15.0. The molecule has 3 heterocycles. The van der Waals surface area contributed by atoms with Crippen molar-refractivity contribution in [2.24, 2.45) is 0 Å². The van der Waals surface area contributed by atoms with Crippen molar-refractivity contribution < 1.29 is 4.79 Å². The van der Waals surface area contributed by atoms with Crippen molar-refractivity contribution in [1.82, 2.24) is 19.7 Å². The number of rotatable bonds is 7. The summed E-state index contributed by atoms with van der Waals surface area (Å²) in [5.41, 5.74) is 5.11. The molecular formula is C24H30N6O. The molecule has 1 N–H and O–H groups in total. The van der Waals surface area contributed by atoms with Gasteiger partial charge in [0.1, 0.15) is 12.1 Å². The highest BCUT2D eigenvalue weighted by Gasteiger charge is 2.18. The quantitative estimate of drug-likeness (QED) is 0.627. The Morgan fingerprint density at radius 1 is 1.10 bits per heavy atom. The van der Waals surface area contributed by atoms with Crippen molar-refractivity contribution in [1.29, 1.82) is 0 Å². The van der Waals surface area contributed by atoms with Gasteiger partial charge in [0.05, 0.1) is 5.69 Å². The predicted octanol–water partition coefficient (Wildman–Crippen LogP) is 4.01. The fourth-order valence-electron chi connectivity index (χ4n) is 4.16. The van der Waals surface area contributed by atoms with Gasteiger partial charge < -0.3 is 10.2 Å². The Morgan fingerprint density at radius 3 is 2.65 bits per heavy atom. The summed E-state index contributed by atoms with van der Waals surface area (Å²) in [4.78, 5) is 23.7. The van der Waals surface area contributed by atoms with Gasteiger partial charge in [0.15, 0.2) is 5.82 Å². The van der Waals surface area contributed by atoms with E-state index in [1.807, 2.05) is 42.8 Å². The second kappa shape index (κ2) is 9.29. The maximum atomic E-state index is 12.5. The molecule has 0 bridgehead atoms. The van der Waals surface area contributed by atoms with E-state index in [0.29, 0.717) is 12.8 Å². The van der Waals surface area contributed by atoms with E-state index < -0.39 is 0 Å². The SMILES string of the molecule is CCc1cccc(NC(=O)CCc2c(C)nn(-c3cc(N4CCCC4)ncn3)c2C)c1. The summed E-state index contributed by atoms with van der Waals surface area (Å²) in [6, 6.07) is 10.0. The lowest BCUT2D eigenvalue weighted by molar-refractivity contribution is -0.116. The van der Waals surface area contributed by atoms with Crippen LogP contribution in [0.25, 0.3) is 5.82 Å². The lowest BCUT2D eigenvalue weighted by Gasteiger charge is -2.16. The van der Waals surface area contributed by atoms with E-state index in [4.69, 9.17) is 5.10 Å². The van der Waals surface area contributed by atoms with E-state index >= 15 is 0 Å². The number of carbonyl (C=O) groups excluding carboxylic acids is 1. The Balaban J connectivity index is 1.46. The fraction of sp³-hybridized carbons (Fsp3) is 0.417. The van der Waals surface area contributed by atoms with E-state index in [-0.39, 0.29) is 5.91 Å². The Morgan fingerprint density at radius 2 is 1.87 bits per heavy atom. The standard InChI is InChI=1S/C24H30N6O/c1-4-19-8-7-9-20(14-19)27-24(31)11-10-21-17(2)28-30(18(21)3)23-15-22(25-16-26-23)29-12-5-6-13-29/h7-9,14-16H,4-6,10-13H2,1-3H3,(H,27,31). The molecule has 1 aliphatic heterocycles. The molecule has 1 aliphatic rings. The number of nitrogens with one attached hydrogen (secondary N) is 1. The van der Waals surface area contributed by atoms with Gasteiger partial charge in [-0.2, -0.15) is 5.10 Å². The normalized spacial score (nSPS) is 13.6. The first kappa shape index (κ1) is 21.0. The maximum absolute atomic E-state index is 12.5. The number of aryl methyl sites for hydroxylation is 2. The maximum Gasteiger partial charge on any atom is 0.224 e. The molecule has 0 aliphatic carbocycles. The molecule has 7 nitrogen and oxygen atoms in total. The molecule has 7 heteroatoms. The van der Waals surface area contributed by atoms with Crippen LogP contribution in [0.15, 0.2) is 36.7 Å². The Hall–Kier alpha value is -3.22. The molecule has 162 valence electrons. The minimum atomic E-state index is 0.0122. The zero-order chi connectivity index (χ0) is 21.8. The molecule has 1 saturated heterocycles. The first-order valence-corrected chi connectivity index (χ1v) is 11.1. The third-order valence-electron chi connectivity index (χ3n) is 5.95. The molecule has 0 radical (unpaired) electrons. The van der Waals surface area contributed by atoms with Crippen LogP contribution >= 0.6 is 0 Å². The van der Waals surface area contributed by atoms with Crippen molar-refractivity contribution in [3.8, 4) is 5.82 Å². The highest BCUT2D eigenvalue weighted by Crippen LogP contribution is 2.22. The fourth-order valence-corrected chi connectivity index (χ4v) is 4.16. The van der Waals surface area contributed by atoms with E-state index in [2.05, 4.69) is 33.2 Å². The number of nitrogens with zero attached hydrogens (tertiary/aromatic N) is 5. The third-order valence-corrected chi connectivity index (χ3v) is 5.95. The molecule has 1 aromatic carbocycles.